The average Bonchev–Trinajstić information content (AvgIpc) is 3.42. The number of carbonyl (C=O) groups excluding carboxylic acids is 2. The van der Waals surface area contributed by atoms with Crippen LogP contribution in [0.3, 0.4) is 0 Å². The van der Waals surface area contributed by atoms with E-state index < -0.39 is 5.91 Å². The van der Waals surface area contributed by atoms with E-state index in [-0.39, 0.29) is 30.0 Å². The van der Waals surface area contributed by atoms with Crippen molar-refractivity contribution in [2.75, 3.05) is 23.0 Å². The Morgan fingerprint density at radius 2 is 2.07 bits per heavy atom. The molecule has 1 saturated heterocycles. The molecule has 2 aromatic heterocycles. The number of carbonyl (C=O) groups is 2. The van der Waals surface area contributed by atoms with Crippen LogP contribution in [0.2, 0.25) is 0 Å². The molecule has 8 nitrogen and oxygen atoms in total. The lowest BCUT2D eigenvalue weighted by Crippen LogP contribution is -2.24. The fraction of sp³-hybridized carbons (Fsp3) is 0.222. The van der Waals surface area contributed by atoms with Crippen LogP contribution in [0.4, 0.5) is 11.7 Å². The summed E-state index contributed by atoms with van der Waals surface area (Å²) in [6, 6.07) is 10.9. The van der Waals surface area contributed by atoms with Crippen LogP contribution < -0.4 is 10.2 Å². The van der Waals surface area contributed by atoms with Crippen LogP contribution in [0.1, 0.15) is 28.8 Å². The predicted molar refractivity (Wildman–Crippen MR) is 98.9 cm³/mol. The van der Waals surface area contributed by atoms with E-state index in [1.807, 2.05) is 30.5 Å². The maximum Gasteiger partial charge on any atom is 0.322 e. The first-order valence-corrected chi connectivity index (χ1v) is 9.49. The van der Waals surface area contributed by atoms with Gasteiger partial charge in [-0.1, -0.05) is 5.10 Å². The van der Waals surface area contributed by atoms with Crippen molar-refractivity contribution in [3.63, 3.8) is 0 Å². The third kappa shape index (κ3) is 3.59. The van der Waals surface area contributed by atoms with E-state index in [0.29, 0.717) is 12.4 Å². The van der Waals surface area contributed by atoms with Crippen LogP contribution in [0.5, 0.6) is 0 Å². The molecule has 1 aliphatic rings. The van der Waals surface area contributed by atoms with Crippen LogP contribution in [0.15, 0.2) is 56.4 Å². The van der Waals surface area contributed by atoms with Gasteiger partial charge in [-0.3, -0.25) is 14.9 Å². The van der Waals surface area contributed by atoms with Gasteiger partial charge in [0.05, 0.1) is 12.2 Å². The van der Waals surface area contributed by atoms with Gasteiger partial charge in [-0.05, 0) is 42.7 Å². The van der Waals surface area contributed by atoms with E-state index in [4.69, 9.17) is 8.83 Å². The Bertz CT molecular complexity index is 952. The number of amides is 2. The molecule has 1 N–H and O–H groups in total. The molecule has 0 saturated carbocycles. The van der Waals surface area contributed by atoms with Gasteiger partial charge in [0.1, 0.15) is 0 Å². The third-order valence-corrected chi connectivity index (χ3v) is 5.01. The highest BCUT2D eigenvalue weighted by molar-refractivity contribution is 7.98. The Kier molecular flexibility index (Phi) is 4.68. The summed E-state index contributed by atoms with van der Waals surface area (Å²) in [5.74, 6) is -0.240. The molecule has 1 fully saturated rings. The summed E-state index contributed by atoms with van der Waals surface area (Å²) < 4.78 is 10.5. The van der Waals surface area contributed by atoms with E-state index in [2.05, 4.69) is 15.5 Å². The zero-order valence-electron chi connectivity index (χ0n) is 14.4. The zero-order chi connectivity index (χ0) is 18.8. The Morgan fingerprint density at radius 3 is 2.78 bits per heavy atom. The van der Waals surface area contributed by atoms with Crippen LogP contribution in [0, 0.1) is 0 Å². The molecule has 1 atom stereocenters. The summed E-state index contributed by atoms with van der Waals surface area (Å²) in [5.41, 5.74) is 0.839. The highest BCUT2D eigenvalue weighted by Gasteiger charge is 2.35. The van der Waals surface area contributed by atoms with Crippen molar-refractivity contribution in [3.8, 4) is 0 Å². The summed E-state index contributed by atoms with van der Waals surface area (Å²) >= 11 is 1.65. The first-order chi connectivity index (χ1) is 13.1. The van der Waals surface area contributed by atoms with Gasteiger partial charge in [0, 0.05) is 23.5 Å². The van der Waals surface area contributed by atoms with Gasteiger partial charge in [0.2, 0.25) is 11.8 Å². The second-order valence-electron chi connectivity index (χ2n) is 5.98. The monoisotopic (exact) mass is 384 g/mol. The average molecular weight is 384 g/mol. The number of thioether (sulfide) groups is 1. The normalized spacial score (nSPS) is 16.7. The molecule has 27 heavy (non-hydrogen) atoms. The first kappa shape index (κ1) is 17.3. The molecule has 0 aliphatic carbocycles. The van der Waals surface area contributed by atoms with E-state index in [1.54, 1.807) is 22.7 Å². The van der Waals surface area contributed by atoms with Crippen LogP contribution >= 0.6 is 11.8 Å². The highest BCUT2D eigenvalue weighted by Crippen LogP contribution is 2.32. The SMILES string of the molecule is CSc1ccc(N2CC(c3nnc(NC(=O)c4ccco4)o3)CC2=O)cc1. The molecule has 1 unspecified atom stereocenters. The van der Waals surface area contributed by atoms with E-state index in [1.165, 1.54) is 12.3 Å². The molecule has 0 bridgehead atoms. The summed E-state index contributed by atoms with van der Waals surface area (Å²) in [6.07, 6.45) is 3.68. The lowest BCUT2D eigenvalue weighted by Gasteiger charge is -2.16. The van der Waals surface area contributed by atoms with Crippen LogP contribution in [0.25, 0.3) is 0 Å². The van der Waals surface area contributed by atoms with Crippen molar-refractivity contribution in [2.45, 2.75) is 17.2 Å². The summed E-state index contributed by atoms with van der Waals surface area (Å²) in [6.45, 7) is 0.450. The molecule has 3 heterocycles. The van der Waals surface area contributed by atoms with Gasteiger partial charge < -0.3 is 13.7 Å². The van der Waals surface area contributed by atoms with Gasteiger partial charge in [-0.25, -0.2) is 0 Å². The number of aromatic nitrogens is 2. The molecule has 1 aromatic carbocycles. The number of nitrogens with zero attached hydrogens (tertiary/aromatic N) is 3. The lowest BCUT2D eigenvalue weighted by atomic mass is 10.1. The topological polar surface area (TPSA) is 101 Å². The standard InChI is InChI=1S/C18H16N4O4S/c1-27-13-6-4-12(5-7-13)22-10-11(9-15(22)23)17-20-21-18(26-17)19-16(24)14-3-2-8-25-14/h2-8,11H,9-10H2,1H3,(H,19,21,24). The van der Waals surface area contributed by atoms with E-state index in [0.717, 1.165) is 10.6 Å². The summed E-state index contributed by atoms with van der Waals surface area (Å²) in [4.78, 5) is 27.2. The molecule has 3 aromatic rings. The maximum atomic E-state index is 12.4. The molecule has 0 spiro atoms. The van der Waals surface area contributed by atoms with E-state index >= 15 is 0 Å². The van der Waals surface area contributed by atoms with Crippen molar-refractivity contribution >= 4 is 35.3 Å². The van der Waals surface area contributed by atoms with Gasteiger partial charge in [-0.2, -0.15) is 0 Å². The van der Waals surface area contributed by atoms with Crippen LogP contribution in [-0.2, 0) is 4.79 Å². The molecular weight excluding hydrogens is 368 g/mol. The minimum absolute atomic E-state index is 0.00345. The smallest absolute Gasteiger partial charge is 0.322 e. The van der Waals surface area contributed by atoms with Gasteiger partial charge >= 0.3 is 6.01 Å². The predicted octanol–water partition coefficient (Wildman–Crippen LogP) is 3.16. The second-order valence-corrected chi connectivity index (χ2v) is 6.86. The number of furan rings is 1. The Morgan fingerprint density at radius 1 is 1.26 bits per heavy atom. The van der Waals surface area contributed by atoms with Crippen LogP contribution in [-0.4, -0.2) is 34.8 Å². The van der Waals surface area contributed by atoms with Gasteiger partial charge in [0.25, 0.3) is 5.91 Å². The lowest BCUT2D eigenvalue weighted by molar-refractivity contribution is -0.117. The van der Waals surface area contributed by atoms with E-state index in [9.17, 15) is 9.59 Å². The zero-order valence-corrected chi connectivity index (χ0v) is 15.2. The molecule has 9 heteroatoms. The molecule has 1 aliphatic heterocycles. The summed E-state index contributed by atoms with van der Waals surface area (Å²) in [7, 11) is 0. The Hall–Kier alpha value is -3.07. The van der Waals surface area contributed by atoms with Crippen molar-refractivity contribution in [3.05, 3.63) is 54.3 Å². The molecular formula is C18H16N4O4S. The first-order valence-electron chi connectivity index (χ1n) is 8.26. The molecule has 4 rings (SSSR count). The third-order valence-electron chi connectivity index (χ3n) is 4.26. The van der Waals surface area contributed by atoms with Crippen molar-refractivity contribution in [1.82, 2.24) is 10.2 Å². The number of hydrogen-bond donors (Lipinski definition) is 1. The van der Waals surface area contributed by atoms with Gasteiger partial charge in [0.15, 0.2) is 5.76 Å². The quantitative estimate of drug-likeness (QED) is 0.674. The Balaban J connectivity index is 1.44. The number of benzene rings is 1. The minimum atomic E-state index is -0.479. The number of rotatable bonds is 5. The van der Waals surface area contributed by atoms with Crippen molar-refractivity contribution in [2.24, 2.45) is 0 Å². The number of nitrogens with one attached hydrogen (secondary N) is 1. The summed E-state index contributed by atoms with van der Waals surface area (Å²) in [5, 5.41) is 10.3. The minimum Gasteiger partial charge on any atom is -0.459 e. The second kappa shape index (κ2) is 7.28. The largest absolute Gasteiger partial charge is 0.459 e. The molecule has 138 valence electrons. The number of anilines is 2. The van der Waals surface area contributed by atoms with Gasteiger partial charge in [-0.15, -0.1) is 16.9 Å². The molecule has 2 amide bonds. The fourth-order valence-corrected chi connectivity index (χ4v) is 3.31. The Labute approximate surface area is 158 Å². The number of hydrogen-bond acceptors (Lipinski definition) is 7. The van der Waals surface area contributed by atoms with Crippen molar-refractivity contribution in [1.29, 1.82) is 0 Å². The maximum absolute atomic E-state index is 12.4. The highest BCUT2D eigenvalue weighted by atomic mass is 32.2. The molecule has 0 radical (unpaired) electrons. The van der Waals surface area contributed by atoms with Crippen molar-refractivity contribution < 1.29 is 18.4 Å². The fourth-order valence-electron chi connectivity index (χ4n) is 2.90.